The summed E-state index contributed by atoms with van der Waals surface area (Å²) in [4.78, 5) is 0. The van der Waals surface area contributed by atoms with Crippen LogP contribution < -0.4 is 0 Å². The van der Waals surface area contributed by atoms with Crippen molar-refractivity contribution in [2.24, 2.45) is 17.8 Å². The highest BCUT2D eigenvalue weighted by Gasteiger charge is 2.72. The first-order valence-electron chi connectivity index (χ1n) is 8.21. The summed E-state index contributed by atoms with van der Waals surface area (Å²) in [7, 11) is 0. The van der Waals surface area contributed by atoms with E-state index >= 15 is 0 Å². The molecule has 0 aromatic carbocycles. The van der Waals surface area contributed by atoms with Crippen LogP contribution in [0.25, 0.3) is 0 Å². The SMILES string of the molecule is CCO[C@H]1OC2([C@@H]3CC4C[C@H]2CC(F)(C4)C3)[C@@H]1OCC. The molecule has 3 unspecified atom stereocenters. The van der Waals surface area contributed by atoms with E-state index in [1.807, 2.05) is 13.8 Å². The first-order valence-corrected chi connectivity index (χ1v) is 8.21. The Hall–Kier alpha value is -0.190. The molecule has 20 heavy (non-hydrogen) atoms. The van der Waals surface area contributed by atoms with Crippen LogP contribution in [0.3, 0.4) is 0 Å². The first-order chi connectivity index (χ1) is 9.61. The quantitative estimate of drug-likeness (QED) is 0.794. The predicted molar refractivity (Wildman–Crippen MR) is 72.0 cm³/mol. The van der Waals surface area contributed by atoms with Gasteiger partial charge in [-0.1, -0.05) is 0 Å². The maximum Gasteiger partial charge on any atom is 0.187 e. The zero-order chi connectivity index (χ0) is 14.0. The second-order valence-electron chi connectivity index (χ2n) is 7.17. The van der Waals surface area contributed by atoms with Gasteiger partial charge >= 0.3 is 0 Å². The lowest BCUT2D eigenvalue weighted by molar-refractivity contribution is -0.432. The number of rotatable bonds is 4. The zero-order valence-corrected chi connectivity index (χ0v) is 12.4. The van der Waals surface area contributed by atoms with E-state index in [9.17, 15) is 4.39 Å². The van der Waals surface area contributed by atoms with Crippen LogP contribution in [0.4, 0.5) is 4.39 Å². The van der Waals surface area contributed by atoms with Gasteiger partial charge in [0.15, 0.2) is 6.29 Å². The topological polar surface area (TPSA) is 27.7 Å². The molecule has 1 saturated heterocycles. The summed E-state index contributed by atoms with van der Waals surface area (Å²) < 4.78 is 32.7. The van der Waals surface area contributed by atoms with E-state index in [1.54, 1.807) is 0 Å². The van der Waals surface area contributed by atoms with Gasteiger partial charge in [0, 0.05) is 13.2 Å². The number of halogens is 1. The highest BCUT2D eigenvalue weighted by atomic mass is 19.1. The number of ether oxygens (including phenoxy) is 3. The summed E-state index contributed by atoms with van der Waals surface area (Å²) in [5, 5.41) is 0. The molecule has 4 aliphatic carbocycles. The monoisotopic (exact) mass is 284 g/mol. The van der Waals surface area contributed by atoms with Gasteiger partial charge in [-0.3, -0.25) is 0 Å². The van der Waals surface area contributed by atoms with Gasteiger partial charge in [0.1, 0.15) is 17.4 Å². The highest BCUT2D eigenvalue weighted by molar-refractivity contribution is 5.19. The van der Waals surface area contributed by atoms with Crippen LogP contribution in [0.2, 0.25) is 0 Å². The number of hydrogen-bond donors (Lipinski definition) is 0. The van der Waals surface area contributed by atoms with Crippen LogP contribution in [0.1, 0.15) is 46.0 Å². The average Bonchev–Trinajstić information content (AvgIpc) is 2.37. The Morgan fingerprint density at radius 2 is 1.70 bits per heavy atom. The van der Waals surface area contributed by atoms with Crippen molar-refractivity contribution in [3.63, 3.8) is 0 Å². The van der Waals surface area contributed by atoms with Crippen molar-refractivity contribution < 1.29 is 18.6 Å². The average molecular weight is 284 g/mol. The van der Waals surface area contributed by atoms with E-state index < -0.39 is 5.67 Å². The van der Waals surface area contributed by atoms with Crippen molar-refractivity contribution in [3.8, 4) is 0 Å². The van der Waals surface area contributed by atoms with Crippen LogP contribution in [-0.2, 0) is 14.2 Å². The zero-order valence-electron chi connectivity index (χ0n) is 12.4. The van der Waals surface area contributed by atoms with Crippen LogP contribution in [0, 0.1) is 17.8 Å². The molecule has 3 nitrogen and oxygen atoms in total. The molecule has 114 valence electrons. The van der Waals surface area contributed by atoms with Gasteiger partial charge in [0.25, 0.3) is 0 Å². The first kappa shape index (κ1) is 13.5. The molecule has 0 aromatic rings. The van der Waals surface area contributed by atoms with Crippen LogP contribution in [0.15, 0.2) is 0 Å². The Morgan fingerprint density at radius 1 is 1.05 bits per heavy atom. The molecular weight excluding hydrogens is 259 g/mol. The molecule has 1 aliphatic heterocycles. The smallest absolute Gasteiger partial charge is 0.187 e. The maximum absolute atomic E-state index is 14.8. The van der Waals surface area contributed by atoms with E-state index in [0.29, 0.717) is 43.8 Å². The second-order valence-corrected chi connectivity index (χ2v) is 7.17. The van der Waals surface area contributed by atoms with Gasteiger partial charge in [0.2, 0.25) is 0 Å². The molecule has 7 atom stereocenters. The van der Waals surface area contributed by atoms with Gasteiger partial charge in [-0.25, -0.2) is 4.39 Å². The largest absolute Gasteiger partial charge is 0.370 e. The summed E-state index contributed by atoms with van der Waals surface area (Å²) in [5.41, 5.74) is -1.17. The third-order valence-electron chi connectivity index (χ3n) is 6.08. The lowest BCUT2D eigenvalue weighted by Gasteiger charge is -2.69. The normalized spacial score (nSPS) is 56.2. The Labute approximate surface area is 120 Å². The van der Waals surface area contributed by atoms with Crippen LogP contribution in [0.5, 0.6) is 0 Å². The Balaban J connectivity index is 1.61. The standard InChI is InChI=1S/C16H25FO3/c1-3-18-13-14(19-4-2)20-16(13)11-5-10-6-12(16)9-15(17,7-10)8-11/h10-14H,3-9H2,1-2H3/t10?,11-,12+,13-,14+,15?,16?/m1/s1. The van der Waals surface area contributed by atoms with E-state index in [2.05, 4.69) is 0 Å². The van der Waals surface area contributed by atoms with E-state index in [1.165, 1.54) is 0 Å². The van der Waals surface area contributed by atoms with Crippen LogP contribution >= 0.6 is 0 Å². The van der Waals surface area contributed by atoms with Gasteiger partial charge in [-0.15, -0.1) is 0 Å². The minimum Gasteiger partial charge on any atom is -0.370 e. The lowest BCUT2D eigenvalue weighted by Crippen LogP contribution is -2.78. The molecule has 0 N–H and O–H groups in total. The van der Waals surface area contributed by atoms with Gasteiger partial charge in [-0.05, 0) is 63.7 Å². The summed E-state index contributed by atoms with van der Waals surface area (Å²) in [6.45, 7) is 5.30. The second kappa shape index (κ2) is 4.40. The maximum atomic E-state index is 14.8. The Morgan fingerprint density at radius 3 is 2.25 bits per heavy atom. The highest BCUT2D eigenvalue weighted by Crippen LogP contribution is 2.66. The molecule has 5 aliphatic rings. The van der Waals surface area contributed by atoms with Crippen molar-refractivity contribution in [2.45, 2.75) is 69.6 Å². The fourth-order valence-corrected chi connectivity index (χ4v) is 5.71. The summed E-state index contributed by atoms with van der Waals surface area (Å²) in [5.74, 6) is 1.22. The van der Waals surface area contributed by atoms with Crippen LogP contribution in [-0.4, -0.2) is 36.9 Å². The van der Waals surface area contributed by atoms with Gasteiger partial charge < -0.3 is 14.2 Å². The number of alkyl halides is 1. The summed E-state index contributed by atoms with van der Waals surface area (Å²) >= 11 is 0. The van der Waals surface area contributed by atoms with E-state index in [0.717, 1.165) is 19.3 Å². The Kier molecular flexibility index (Phi) is 2.97. The van der Waals surface area contributed by atoms with E-state index in [4.69, 9.17) is 14.2 Å². The summed E-state index contributed by atoms with van der Waals surface area (Å²) in [6, 6.07) is 0. The molecule has 4 heteroatoms. The van der Waals surface area contributed by atoms with Gasteiger partial charge in [-0.2, -0.15) is 0 Å². The van der Waals surface area contributed by atoms with Crippen molar-refractivity contribution in [2.75, 3.05) is 13.2 Å². The molecule has 0 aromatic heterocycles. The third kappa shape index (κ3) is 1.62. The minimum atomic E-state index is -0.918. The molecular formula is C16H25FO3. The molecule has 4 saturated carbocycles. The van der Waals surface area contributed by atoms with E-state index in [-0.39, 0.29) is 18.0 Å². The molecule has 5 fully saturated rings. The van der Waals surface area contributed by atoms with Crippen molar-refractivity contribution >= 4 is 0 Å². The predicted octanol–water partition coefficient (Wildman–Crippen LogP) is 3.07. The Bertz CT molecular complexity index is 383. The minimum absolute atomic E-state index is 0.00560. The fourth-order valence-electron chi connectivity index (χ4n) is 5.71. The molecule has 0 radical (unpaired) electrons. The van der Waals surface area contributed by atoms with Gasteiger partial charge in [0.05, 0.1) is 0 Å². The molecule has 5 rings (SSSR count). The summed E-state index contributed by atoms with van der Waals surface area (Å²) in [6.07, 6.45) is 4.11. The molecule has 1 spiro atoms. The third-order valence-corrected chi connectivity index (χ3v) is 6.08. The fraction of sp³-hybridized carbons (Fsp3) is 1.00. The molecule has 0 amide bonds. The molecule has 4 bridgehead atoms. The van der Waals surface area contributed by atoms with Crippen molar-refractivity contribution in [1.82, 2.24) is 0 Å². The van der Waals surface area contributed by atoms with Crippen molar-refractivity contribution in [1.29, 1.82) is 0 Å². The van der Waals surface area contributed by atoms with Crippen molar-refractivity contribution in [3.05, 3.63) is 0 Å². The lowest BCUT2D eigenvalue weighted by atomic mass is 9.46. The number of hydrogen-bond acceptors (Lipinski definition) is 3. The molecule has 1 heterocycles.